The van der Waals surface area contributed by atoms with Gasteiger partial charge in [-0.15, -0.1) is 0 Å². The van der Waals surface area contributed by atoms with Crippen LogP contribution in [0, 0.1) is 55.4 Å². The first-order chi connectivity index (χ1) is 20.8. The summed E-state index contributed by atoms with van der Waals surface area (Å²) in [4.78, 5) is 19.2. The Kier molecular flexibility index (Phi) is 16.5. The van der Waals surface area contributed by atoms with Crippen molar-refractivity contribution in [1.82, 2.24) is 0 Å². The normalized spacial score (nSPS) is 12.1. The number of nitrogens with zero attached hydrogens (tertiary/aromatic N) is 4. The van der Waals surface area contributed by atoms with Crippen LogP contribution in [0.1, 0.15) is 72.2 Å². The number of para-hydroxylation sites is 4. The van der Waals surface area contributed by atoms with Gasteiger partial charge < -0.3 is 0 Å². The molecule has 0 fully saturated rings. The molecule has 4 aromatic carbocycles. The molecule has 0 aliphatic rings. The van der Waals surface area contributed by atoms with Gasteiger partial charge in [0.15, 0.2) is 0 Å². The summed E-state index contributed by atoms with van der Waals surface area (Å²) in [6.07, 6.45) is 0. The van der Waals surface area contributed by atoms with Gasteiger partial charge >= 0.3 is 0 Å². The zero-order valence-corrected chi connectivity index (χ0v) is 31.6. The van der Waals surface area contributed by atoms with Crippen molar-refractivity contribution in [1.29, 1.82) is 0 Å². The van der Waals surface area contributed by atoms with Crippen molar-refractivity contribution in [3.63, 3.8) is 0 Å². The van der Waals surface area contributed by atoms with Crippen LogP contribution >= 0.6 is 0 Å². The van der Waals surface area contributed by atoms with Crippen LogP contribution in [-0.4, -0.2) is 22.8 Å². The van der Waals surface area contributed by atoms with Gasteiger partial charge in [0.05, 0.1) is 45.6 Å². The van der Waals surface area contributed by atoms with E-state index in [0.717, 1.165) is 45.6 Å². The zero-order chi connectivity index (χ0) is 32.6. The Morgan fingerprint density at radius 2 is 0.435 bits per heavy atom. The van der Waals surface area contributed by atoms with Crippen molar-refractivity contribution in [2.75, 3.05) is 0 Å². The van der Waals surface area contributed by atoms with Crippen molar-refractivity contribution in [2.45, 2.75) is 83.1 Å². The molecular formula is C40H48Fe2N4. The maximum absolute atomic E-state index is 4.80. The van der Waals surface area contributed by atoms with Crippen molar-refractivity contribution in [3.05, 3.63) is 117 Å². The monoisotopic (exact) mass is 696 g/mol. The molecule has 0 N–H and O–H groups in total. The molecule has 0 saturated heterocycles. The molecule has 0 unspecified atom stereocenters. The molecule has 0 atom stereocenters. The van der Waals surface area contributed by atoms with E-state index in [2.05, 4.69) is 128 Å². The number of aliphatic imine (C=N–C) groups is 4. The number of benzene rings is 4. The summed E-state index contributed by atoms with van der Waals surface area (Å²) in [5.74, 6) is 0. The summed E-state index contributed by atoms with van der Waals surface area (Å²) >= 11 is 0. The molecule has 0 spiro atoms. The Bertz CT molecular complexity index is 1440. The van der Waals surface area contributed by atoms with Crippen molar-refractivity contribution in [3.8, 4) is 0 Å². The van der Waals surface area contributed by atoms with Gasteiger partial charge in [0, 0.05) is 34.1 Å². The third-order valence-corrected chi connectivity index (χ3v) is 7.92. The van der Waals surface area contributed by atoms with Gasteiger partial charge in [-0.1, -0.05) is 72.8 Å². The first kappa shape index (κ1) is 40.6. The molecule has 4 aromatic rings. The van der Waals surface area contributed by atoms with Crippen LogP contribution in [0.2, 0.25) is 0 Å². The van der Waals surface area contributed by atoms with E-state index >= 15 is 0 Å². The van der Waals surface area contributed by atoms with Gasteiger partial charge in [-0.05, 0) is 128 Å². The van der Waals surface area contributed by atoms with Gasteiger partial charge in [-0.25, -0.2) is 0 Å². The van der Waals surface area contributed by atoms with Crippen LogP contribution in [0.25, 0.3) is 0 Å². The van der Waals surface area contributed by atoms with E-state index in [1.807, 2.05) is 27.7 Å². The molecule has 6 heteroatoms. The van der Waals surface area contributed by atoms with E-state index in [9.17, 15) is 0 Å². The second kappa shape index (κ2) is 18.7. The summed E-state index contributed by atoms with van der Waals surface area (Å²) in [6.45, 7) is 24.9. The molecule has 4 nitrogen and oxygen atoms in total. The summed E-state index contributed by atoms with van der Waals surface area (Å²) in [5, 5.41) is 0. The number of aryl methyl sites for hydroxylation is 8. The van der Waals surface area contributed by atoms with E-state index in [1.165, 1.54) is 44.5 Å². The van der Waals surface area contributed by atoms with Crippen LogP contribution in [-0.2, 0) is 34.1 Å². The first-order valence-corrected chi connectivity index (χ1v) is 15.3. The predicted molar refractivity (Wildman–Crippen MR) is 195 cm³/mol. The van der Waals surface area contributed by atoms with Crippen molar-refractivity contribution < 1.29 is 34.1 Å². The summed E-state index contributed by atoms with van der Waals surface area (Å²) in [6, 6.07) is 25.0. The fourth-order valence-corrected chi connectivity index (χ4v) is 4.92. The topological polar surface area (TPSA) is 49.4 Å². The Hall–Kier alpha value is -3.40. The Morgan fingerprint density at radius 1 is 0.304 bits per heavy atom. The number of hydrogen-bond donors (Lipinski definition) is 0. The standard InChI is InChI=1S/2C20H24N2.2Fe/c2*1-13-9-7-10-14(2)19(13)21-17(5)18(6)22-20-15(3)11-8-12-16(20)4;;/h2*7-12H,1-6H3;;. The molecule has 0 heterocycles. The average molecular weight is 697 g/mol. The Morgan fingerprint density at radius 3 is 0.565 bits per heavy atom. The zero-order valence-electron chi connectivity index (χ0n) is 29.4. The molecule has 4 rings (SSSR count). The van der Waals surface area contributed by atoms with Crippen LogP contribution in [0.15, 0.2) is 92.8 Å². The van der Waals surface area contributed by atoms with Crippen LogP contribution in [0.5, 0.6) is 0 Å². The maximum Gasteiger partial charge on any atom is 0.0691 e. The minimum absolute atomic E-state index is 0. The fraction of sp³-hybridized carbons (Fsp3) is 0.300. The molecule has 0 aliphatic heterocycles. The minimum atomic E-state index is 0. The average Bonchev–Trinajstić information content (AvgIpc) is 2.97. The molecule has 46 heavy (non-hydrogen) atoms. The van der Waals surface area contributed by atoms with E-state index in [1.54, 1.807) is 0 Å². The third kappa shape index (κ3) is 10.9. The Labute approximate surface area is 298 Å². The molecule has 0 saturated carbocycles. The van der Waals surface area contributed by atoms with Crippen molar-refractivity contribution >= 4 is 45.6 Å². The van der Waals surface area contributed by atoms with E-state index in [-0.39, 0.29) is 34.1 Å². The SMILES string of the molecule is CC(=Nc1c(C)cccc1C)C(C)=Nc1c(C)cccc1C.CC(=Nc1c(C)cccc1C)C(C)=Nc1c(C)cccc1C.[Fe].[Fe]. The minimum Gasteiger partial charge on any atom is -0.251 e. The molecule has 0 amide bonds. The van der Waals surface area contributed by atoms with Gasteiger partial charge in [-0.2, -0.15) is 0 Å². The molecule has 244 valence electrons. The Balaban J connectivity index is 0.000000441. The van der Waals surface area contributed by atoms with Crippen LogP contribution in [0.3, 0.4) is 0 Å². The summed E-state index contributed by atoms with van der Waals surface area (Å²) < 4.78 is 0. The number of hydrogen-bond acceptors (Lipinski definition) is 4. The van der Waals surface area contributed by atoms with E-state index < -0.39 is 0 Å². The summed E-state index contributed by atoms with van der Waals surface area (Å²) in [7, 11) is 0. The smallest absolute Gasteiger partial charge is 0.0691 e. The molecule has 0 bridgehead atoms. The van der Waals surface area contributed by atoms with Gasteiger partial charge in [0.2, 0.25) is 0 Å². The summed E-state index contributed by atoms with van der Waals surface area (Å²) in [5.41, 5.74) is 17.6. The second-order valence-electron chi connectivity index (χ2n) is 11.8. The van der Waals surface area contributed by atoms with E-state index in [4.69, 9.17) is 20.0 Å². The maximum atomic E-state index is 4.80. The van der Waals surface area contributed by atoms with Crippen LogP contribution in [0.4, 0.5) is 22.7 Å². The molecule has 0 aliphatic carbocycles. The third-order valence-electron chi connectivity index (χ3n) is 7.92. The molecule has 0 radical (unpaired) electrons. The quantitative estimate of drug-likeness (QED) is 0.142. The molecular weight excluding hydrogens is 648 g/mol. The van der Waals surface area contributed by atoms with Crippen molar-refractivity contribution in [2.24, 2.45) is 20.0 Å². The van der Waals surface area contributed by atoms with Gasteiger partial charge in [0.1, 0.15) is 0 Å². The fourth-order valence-electron chi connectivity index (χ4n) is 4.92. The first-order valence-electron chi connectivity index (χ1n) is 15.3. The predicted octanol–water partition coefficient (Wildman–Crippen LogP) is 11.6. The molecule has 0 aromatic heterocycles. The van der Waals surface area contributed by atoms with Gasteiger partial charge in [0.25, 0.3) is 0 Å². The number of rotatable bonds is 6. The van der Waals surface area contributed by atoms with E-state index in [0.29, 0.717) is 0 Å². The van der Waals surface area contributed by atoms with Gasteiger partial charge in [-0.3, -0.25) is 20.0 Å². The second-order valence-corrected chi connectivity index (χ2v) is 11.8. The van der Waals surface area contributed by atoms with Crippen LogP contribution < -0.4 is 0 Å². The largest absolute Gasteiger partial charge is 0.251 e.